The molecular formula is C24H20N2O3. The molecule has 4 unspecified atom stereocenters. The molecule has 4 atom stereocenters. The van der Waals surface area contributed by atoms with Gasteiger partial charge in [0.25, 0.3) is 0 Å². The van der Waals surface area contributed by atoms with Gasteiger partial charge in [0.1, 0.15) is 6.54 Å². The van der Waals surface area contributed by atoms with Crippen LogP contribution in [0, 0.1) is 23.7 Å². The van der Waals surface area contributed by atoms with Crippen LogP contribution in [0.1, 0.15) is 17.5 Å². The maximum absolute atomic E-state index is 12.7. The Balaban J connectivity index is 1.17. The number of imide groups is 1. The Morgan fingerprint density at radius 1 is 0.931 bits per heavy atom. The van der Waals surface area contributed by atoms with Crippen molar-refractivity contribution in [2.45, 2.75) is 12.8 Å². The number of nitrogens with zero attached hydrogens (tertiary/aromatic N) is 1. The Labute approximate surface area is 168 Å². The van der Waals surface area contributed by atoms with Crippen molar-refractivity contribution >= 4 is 23.4 Å². The first kappa shape index (κ1) is 16.7. The summed E-state index contributed by atoms with van der Waals surface area (Å²) in [5.74, 6) is -0.899. The Morgan fingerprint density at radius 2 is 1.62 bits per heavy atom. The molecule has 3 aliphatic carbocycles. The first-order chi connectivity index (χ1) is 14.1. The van der Waals surface area contributed by atoms with E-state index in [2.05, 4.69) is 29.6 Å². The lowest BCUT2D eigenvalue weighted by atomic mass is 9.85. The molecule has 0 radical (unpaired) electrons. The molecule has 1 saturated carbocycles. The van der Waals surface area contributed by atoms with Gasteiger partial charge in [0, 0.05) is 5.69 Å². The van der Waals surface area contributed by atoms with Crippen molar-refractivity contribution in [3.63, 3.8) is 0 Å². The fourth-order valence-electron chi connectivity index (χ4n) is 5.69. The largest absolute Gasteiger partial charge is 0.325 e. The third-order valence-corrected chi connectivity index (χ3v) is 6.94. The van der Waals surface area contributed by atoms with E-state index in [1.165, 1.54) is 27.2 Å². The summed E-state index contributed by atoms with van der Waals surface area (Å²) in [4.78, 5) is 39.3. The number of benzene rings is 2. The number of carbonyl (C=O) groups is 3. The fraction of sp³-hybridized carbons (Fsp3) is 0.292. The molecular weight excluding hydrogens is 364 g/mol. The Morgan fingerprint density at radius 3 is 2.38 bits per heavy atom. The molecule has 3 amide bonds. The quantitative estimate of drug-likeness (QED) is 0.558. The average molecular weight is 384 g/mol. The second-order valence-corrected chi connectivity index (χ2v) is 8.52. The van der Waals surface area contributed by atoms with Crippen LogP contribution in [0.4, 0.5) is 5.69 Å². The smallest absolute Gasteiger partial charge is 0.244 e. The molecule has 2 aromatic carbocycles. The molecule has 2 fully saturated rings. The minimum Gasteiger partial charge on any atom is -0.325 e. The Kier molecular flexibility index (Phi) is 3.40. The van der Waals surface area contributed by atoms with Crippen LogP contribution in [0.5, 0.6) is 0 Å². The van der Waals surface area contributed by atoms with Crippen molar-refractivity contribution in [1.82, 2.24) is 4.90 Å². The Bertz CT molecular complexity index is 1090. The van der Waals surface area contributed by atoms with Gasteiger partial charge in [0.2, 0.25) is 17.7 Å². The average Bonchev–Trinajstić information content (AvgIpc) is 3.46. The van der Waals surface area contributed by atoms with Gasteiger partial charge in [-0.2, -0.15) is 0 Å². The lowest BCUT2D eigenvalue weighted by Gasteiger charge is -2.17. The van der Waals surface area contributed by atoms with E-state index in [4.69, 9.17) is 0 Å². The number of amides is 3. The number of allylic oxidation sites excluding steroid dienone is 2. The highest BCUT2D eigenvalue weighted by Gasteiger charge is 2.59. The molecule has 0 aromatic heterocycles. The highest BCUT2D eigenvalue weighted by atomic mass is 16.2. The van der Waals surface area contributed by atoms with Crippen LogP contribution in [-0.2, 0) is 20.8 Å². The SMILES string of the molecule is O=C(CN1C(=O)C2C3C=CC(C3)C2C1=O)Nc1ccc2c(c1)Cc1ccccc1-2. The maximum Gasteiger partial charge on any atom is 0.244 e. The van der Waals surface area contributed by atoms with Crippen LogP contribution >= 0.6 is 0 Å². The predicted octanol–water partition coefficient (Wildman–Crippen LogP) is 3.00. The second-order valence-electron chi connectivity index (χ2n) is 8.52. The molecule has 1 saturated heterocycles. The van der Waals surface area contributed by atoms with E-state index < -0.39 is 0 Å². The van der Waals surface area contributed by atoms with E-state index in [9.17, 15) is 14.4 Å². The number of nitrogens with one attached hydrogen (secondary N) is 1. The first-order valence-corrected chi connectivity index (χ1v) is 10.1. The molecule has 4 aliphatic rings. The highest BCUT2D eigenvalue weighted by Crippen LogP contribution is 2.52. The van der Waals surface area contributed by atoms with Crippen molar-refractivity contribution in [3.05, 3.63) is 65.7 Å². The fourth-order valence-corrected chi connectivity index (χ4v) is 5.69. The summed E-state index contributed by atoms with van der Waals surface area (Å²) < 4.78 is 0. The predicted molar refractivity (Wildman–Crippen MR) is 108 cm³/mol. The standard InChI is InChI=1S/C24H20N2O3/c27-20(12-26-23(28)21-14-5-6-15(10-14)22(21)24(26)29)25-17-7-8-19-16(11-17)9-13-3-1-2-4-18(13)19/h1-8,11,14-15,21-22H,9-10,12H2,(H,25,27). The number of carbonyl (C=O) groups excluding carboxylic acids is 3. The van der Waals surface area contributed by atoms with Gasteiger partial charge >= 0.3 is 0 Å². The summed E-state index contributed by atoms with van der Waals surface area (Å²) >= 11 is 0. The third kappa shape index (κ3) is 2.36. The van der Waals surface area contributed by atoms with E-state index >= 15 is 0 Å². The van der Waals surface area contributed by atoms with Crippen molar-refractivity contribution in [2.24, 2.45) is 23.7 Å². The lowest BCUT2D eigenvalue weighted by molar-refractivity contribution is -0.143. The number of anilines is 1. The number of likely N-dealkylation sites (tertiary alicyclic amines) is 1. The molecule has 6 rings (SSSR count). The minimum atomic E-state index is -0.331. The number of fused-ring (bicyclic) bond motifs is 8. The third-order valence-electron chi connectivity index (χ3n) is 6.94. The molecule has 0 spiro atoms. The minimum absolute atomic E-state index is 0.160. The van der Waals surface area contributed by atoms with Crippen LogP contribution < -0.4 is 5.32 Å². The molecule has 2 bridgehead atoms. The second kappa shape index (κ2) is 5.89. The molecule has 5 nitrogen and oxygen atoms in total. The zero-order valence-corrected chi connectivity index (χ0v) is 15.8. The molecule has 29 heavy (non-hydrogen) atoms. The first-order valence-electron chi connectivity index (χ1n) is 10.1. The van der Waals surface area contributed by atoms with E-state index in [1.807, 2.05) is 30.3 Å². The zero-order chi connectivity index (χ0) is 19.7. The van der Waals surface area contributed by atoms with Gasteiger partial charge < -0.3 is 5.32 Å². The lowest BCUT2D eigenvalue weighted by Crippen LogP contribution is -2.39. The highest BCUT2D eigenvalue weighted by molar-refractivity contribution is 6.09. The summed E-state index contributed by atoms with van der Waals surface area (Å²) in [6.45, 7) is -0.207. The molecule has 1 N–H and O–H groups in total. The normalized spacial score (nSPS) is 27.9. The van der Waals surface area contributed by atoms with Crippen molar-refractivity contribution < 1.29 is 14.4 Å². The van der Waals surface area contributed by atoms with Gasteiger partial charge in [0.15, 0.2) is 0 Å². The summed E-state index contributed by atoms with van der Waals surface area (Å²) in [5, 5.41) is 2.87. The van der Waals surface area contributed by atoms with Crippen molar-refractivity contribution in [3.8, 4) is 11.1 Å². The van der Waals surface area contributed by atoms with Gasteiger partial charge in [-0.25, -0.2) is 0 Å². The molecule has 1 aliphatic heterocycles. The maximum atomic E-state index is 12.7. The van der Waals surface area contributed by atoms with E-state index in [0.29, 0.717) is 5.69 Å². The summed E-state index contributed by atoms with van der Waals surface area (Å²) in [6.07, 6.45) is 5.86. The van der Waals surface area contributed by atoms with Crippen LogP contribution in [-0.4, -0.2) is 29.2 Å². The number of hydrogen-bond acceptors (Lipinski definition) is 3. The van der Waals surface area contributed by atoms with Crippen LogP contribution in [0.2, 0.25) is 0 Å². The zero-order valence-electron chi connectivity index (χ0n) is 15.8. The van der Waals surface area contributed by atoms with Gasteiger partial charge in [0.05, 0.1) is 11.8 Å². The van der Waals surface area contributed by atoms with Gasteiger partial charge in [-0.15, -0.1) is 0 Å². The number of rotatable bonds is 3. The van der Waals surface area contributed by atoms with Crippen LogP contribution in [0.3, 0.4) is 0 Å². The van der Waals surface area contributed by atoms with Gasteiger partial charge in [-0.05, 0) is 59.1 Å². The van der Waals surface area contributed by atoms with E-state index in [0.717, 1.165) is 12.8 Å². The molecule has 5 heteroatoms. The van der Waals surface area contributed by atoms with Crippen LogP contribution in [0.25, 0.3) is 11.1 Å². The summed E-state index contributed by atoms with van der Waals surface area (Å²) in [6, 6.07) is 14.2. The summed E-state index contributed by atoms with van der Waals surface area (Å²) in [5.41, 5.74) is 5.59. The van der Waals surface area contributed by atoms with Crippen LogP contribution in [0.15, 0.2) is 54.6 Å². The van der Waals surface area contributed by atoms with E-state index in [-0.39, 0.29) is 47.9 Å². The van der Waals surface area contributed by atoms with Crippen molar-refractivity contribution in [1.29, 1.82) is 0 Å². The summed E-state index contributed by atoms with van der Waals surface area (Å²) in [7, 11) is 0. The monoisotopic (exact) mass is 384 g/mol. The molecule has 144 valence electrons. The Hall–Kier alpha value is -3.21. The van der Waals surface area contributed by atoms with Gasteiger partial charge in [-0.1, -0.05) is 42.5 Å². The van der Waals surface area contributed by atoms with Crippen molar-refractivity contribution in [2.75, 3.05) is 11.9 Å². The number of hydrogen-bond donors (Lipinski definition) is 1. The molecule has 1 heterocycles. The topological polar surface area (TPSA) is 66.5 Å². The van der Waals surface area contributed by atoms with E-state index in [1.54, 1.807) is 0 Å². The molecule has 2 aromatic rings. The van der Waals surface area contributed by atoms with Gasteiger partial charge in [-0.3, -0.25) is 19.3 Å².